The number of pyridine rings is 1. The lowest BCUT2D eigenvalue weighted by molar-refractivity contribution is 0.624. The van der Waals surface area contributed by atoms with Gasteiger partial charge in [0.2, 0.25) is 0 Å². The zero-order chi connectivity index (χ0) is 13.0. The molecule has 1 heterocycles. The first kappa shape index (κ1) is 12.1. The summed E-state index contributed by atoms with van der Waals surface area (Å²) in [6, 6.07) is 10.1. The van der Waals surface area contributed by atoms with Crippen molar-refractivity contribution in [2.75, 3.05) is 5.32 Å². The van der Waals surface area contributed by atoms with E-state index in [0.717, 1.165) is 5.56 Å². The van der Waals surface area contributed by atoms with Gasteiger partial charge in [-0.3, -0.25) is 4.98 Å². The second kappa shape index (κ2) is 5.28. The number of nitrogens with zero attached hydrogens (tertiary/aromatic N) is 2. The zero-order valence-corrected chi connectivity index (χ0v) is 9.89. The van der Waals surface area contributed by atoms with Crippen molar-refractivity contribution in [3.8, 4) is 6.07 Å². The standard InChI is InChI=1S/C14H12FN3/c1-10(11-4-6-17-7-5-11)18-13-3-2-12(9-16)14(15)8-13/h2-8,10,18H,1H3. The predicted molar refractivity (Wildman–Crippen MR) is 67.4 cm³/mol. The molecule has 18 heavy (non-hydrogen) atoms. The van der Waals surface area contributed by atoms with E-state index in [1.54, 1.807) is 24.5 Å². The molecule has 2 rings (SSSR count). The van der Waals surface area contributed by atoms with Gasteiger partial charge in [-0.05, 0) is 42.8 Å². The molecule has 0 bridgehead atoms. The Morgan fingerprint density at radius 1 is 1.28 bits per heavy atom. The van der Waals surface area contributed by atoms with Gasteiger partial charge in [0.25, 0.3) is 0 Å². The maximum absolute atomic E-state index is 13.4. The van der Waals surface area contributed by atoms with E-state index < -0.39 is 5.82 Å². The lowest BCUT2D eigenvalue weighted by atomic mass is 10.1. The van der Waals surface area contributed by atoms with Gasteiger partial charge in [0.1, 0.15) is 11.9 Å². The molecular weight excluding hydrogens is 229 g/mol. The van der Waals surface area contributed by atoms with Crippen LogP contribution in [0.4, 0.5) is 10.1 Å². The first-order valence-corrected chi connectivity index (χ1v) is 5.57. The molecule has 2 aromatic rings. The summed E-state index contributed by atoms with van der Waals surface area (Å²) in [5, 5.41) is 11.8. The smallest absolute Gasteiger partial charge is 0.143 e. The van der Waals surface area contributed by atoms with Gasteiger partial charge in [-0.25, -0.2) is 4.39 Å². The Kier molecular flexibility index (Phi) is 3.54. The van der Waals surface area contributed by atoms with Crippen LogP contribution in [0, 0.1) is 17.1 Å². The minimum atomic E-state index is -0.510. The van der Waals surface area contributed by atoms with Gasteiger partial charge >= 0.3 is 0 Å². The maximum Gasteiger partial charge on any atom is 0.143 e. The van der Waals surface area contributed by atoms with E-state index in [1.807, 2.05) is 19.1 Å². The van der Waals surface area contributed by atoms with Gasteiger partial charge in [0, 0.05) is 24.1 Å². The highest BCUT2D eigenvalue weighted by molar-refractivity contribution is 5.49. The van der Waals surface area contributed by atoms with Crippen LogP contribution in [0.15, 0.2) is 42.7 Å². The molecule has 1 atom stereocenters. The van der Waals surface area contributed by atoms with Crippen molar-refractivity contribution in [1.82, 2.24) is 4.98 Å². The van der Waals surface area contributed by atoms with E-state index in [0.29, 0.717) is 5.69 Å². The van der Waals surface area contributed by atoms with Crippen molar-refractivity contribution < 1.29 is 4.39 Å². The summed E-state index contributed by atoms with van der Waals surface area (Å²) in [6.07, 6.45) is 3.43. The van der Waals surface area contributed by atoms with Crippen molar-refractivity contribution in [2.24, 2.45) is 0 Å². The Hall–Kier alpha value is -2.41. The monoisotopic (exact) mass is 241 g/mol. The molecule has 0 saturated heterocycles. The molecule has 1 unspecified atom stereocenters. The number of benzene rings is 1. The van der Waals surface area contributed by atoms with Crippen LogP contribution in [0.2, 0.25) is 0 Å². The van der Waals surface area contributed by atoms with Crippen LogP contribution in [0.25, 0.3) is 0 Å². The van der Waals surface area contributed by atoms with Gasteiger partial charge < -0.3 is 5.32 Å². The Balaban J connectivity index is 2.15. The van der Waals surface area contributed by atoms with Crippen molar-refractivity contribution in [3.63, 3.8) is 0 Å². The highest BCUT2D eigenvalue weighted by Gasteiger charge is 2.07. The largest absolute Gasteiger partial charge is 0.378 e. The lowest BCUT2D eigenvalue weighted by Gasteiger charge is -2.15. The second-order valence-corrected chi connectivity index (χ2v) is 3.95. The quantitative estimate of drug-likeness (QED) is 0.897. The van der Waals surface area contributed by atoms with Crippen LogP contribution < -0.4 is 5.32 Å². The number of hydrogen-bond donors (Lipinski definition) is 1. The number of rotatable bonds is 3. The summed E-state index contributed by atoms with van der Waals surface area (Å²) in [5.41, 5.74) is 1.77. The van der Waals surface area contributed by atoms with Gasteiger partial charge in [-0.1, -0.05) is 0 Å². The summed E-state index contributed by atoms with van der Waals surface area (Å²) in [5.74, 6) is -0.510. The molecule has 0 spiro atoms. The van der Waals surface area contributed by atoms with Crippen LogP contribution in [0.3, 0.4) is 0 Å². The third-order valence-electron chi connectivity index (χ3n) is 2.68. The molecule has 0 aliphatic carbocycles. The molecule has 0 radical (unpaired) electrons. The van der Waals surface area contributed by atoms with Crippen LogP contribution in [0.1, 0.15) is 24.1 Å². The number of hydrogen-bond acceptors (Lipinski definition) is 3. The molecule has 0 amide bonds. The van der Waals surface area contributed by atoms with E-state index in [-0.39, 0.29) is 11.6 Å². The number of anilines is 1. The molecular formula is C14H12FN3. The minimum Gasteiger partial charge on any atom is -0.378 e. The Bertz CT molecular complexity index is 575. The first-order valence-electron chi connectivity index (χ1n) is 5.57. The van der Waals surface area contributed by atoms with Crippen molar-refractivity contribution in [3.05, 3.63) is 59.7 Å². The van der Waals surface area contributed by atoms with Crippen molar-refractivity contribution >= 4 is 5.69 Å². The average Bonchev–Trinajstić information content (AvgIpc) is 2.40. The molecule has 90 valence electrons. The van der Waals surface area contributed by atoms with Crippen molar-refractivity contribution in [2.45, 2.75) is 13.0 Å². The van der Waals surface area contributed by atoms with Gasteiger partial charge in [0.05, 0.1) is 5.56 Å². The van der Waals surface area contributed by atoms with Crippen LogP contribution in [0.5, 0.6) is 0 Å². The summed E-state index contributed by atoms with van der Waals surface area (Å²) in [6.45, 7) is 1.98. The molecule has 3 nitrogen and oxygen atoms in total. The average molecular weight is 241 g/mol. The Morgan fingerprint density at radius 2 is 2.00 bits per heavy atom. The van der Waals surface area contributed by atoms with E-state index in [9.17, 15) is 4.39 Å². The molecule has 1 aromatic carbocycles. The summed E-state index contributed by atoms with van der Waals surface area (Å²) in [7, 11) is 0. The third kappa shape index (κ3) is 2.64. The van der Waals surface area contributed by atoms with Crippen LogP contribution in [-0.2, 0) is 0 Å². The van der Waals surface area contributed by atoms with Crippen molar-refractivity contribution in [1.29, 1.82) is 5.26 Å². The highest BCUT2D eigenvalue weighted by Crippen LogP contribution is 2.20. The molecule has 0 saturated carbocycles. The fourth-order valence-electron chi connectivity index (χ4n) is 1.68. The zero-order valence-electron chi connectivity index (χ0n) is 9.89. The number of aromatic nitrogens is 1. The van der Waals surface area contributed by atoms with Gasteiger partial charge in [-0.2, -0.15) is 5.26 Å². The molecule has 0 aliphatic rings. The number of nitriles is 1. The molecule has 1 N–H and O–H groups in total. The summed E-state index contributed by atoms with van der Waals surface area (Å²) in [4.78, 5) is 3.95. The van der Waals surface area contributed by atoms with E-state index in [1.165, 1.54) is 12.1 Å². The molecule has 1 aromatic heterocycles. The lowest BCUT2D eigenvalue weighted by Crippen LogP contribution is -2.06. The third-order valence-corrected chi connectivity index (χ3v) is 2.68. The number of nitrogens with one attached hydrogen (secondary N) is 1. The fraction of sp³-hybridized carbons (Fsp3) is 0.143. The highest BCUT2D eigenvalue weighted by atomic mass is 19.1. The van der Waals surface area contributed by atoms with E-state index in [2.05, 4.69) is 10.3 Å². The minimum absolute atomic E-state index is 0.0420. The maximum atomic E-state index is 13.4. The van der Waals surface area contributed by atoms with Crippen LogP contribution >= 0.6 is 0 Å². The summed E-state index contributed by atoms with van der Waals surface area (Å²) < 4.78 is 13.4. The van der Waals surface area contributed by atoms with Crippen LogP contribution in [-0.4, -0.2) is 4.98 Å². The number of halogens is 1. The SMILES string of the molecule is CC(Nc1ccc(C#N)c(F)c1)c1ccncc1. The van der Waals surface area contributed by atoms with Gasteiger partial charge in [-0.15, -0.1) is 0 Å². The molecule has 0 fully saturated rings. The topological polar surface area (TPSA) is 48.7 Å². The summed E-state index contributed by atoms with van der Waals surface area (Å²) >= 11 is 0. The Morgan fingerprint density at radius 3 is 2.61 bits per heavy atom. The fourth-order valence-corrected chi connectivity index (χ4v) is 1.68. The van der Waals surface area contributed by atoms with E-state index in [4.69, 9.17) is 5.26 Å². The predicted octanol–water partition coefficient (Wildman–Crippen LogP) is 3.27. The molecule has 4 heteroatoms. The second-order valence-electron chi connectivity index (χ2n) is 3.95. The van der Waals surface area contributed by atoms with Gasteiger partial charge in [0.15, 0.2) is 0 Å². The molecule has 0 aliphatic heterocycles. The Labute approximate surface area is 105 Å². The van der Waals surface area contributed by atoms with E-state index >= 15 is 0 Å². The first-order chi connectivity index (χ1) is 8.70. The normalized spacial score (nSPS) is 11.6.